The van der Waals surface area contributed by atoms with E-state index in [1.54, 1.807) is 0 Å². The molecule has 2 aromatic rings. The minimum absolute atomic E-state index is 0.792. The number of anilines is 1. The summed E-state index contributed by atoms with van der Waals surface area (Å²) < 4.78 is 12.8. The van der Waals surface area contributed by atoms with Crippen molar-refractivity contribution in [1.29, 1.82) is 0 Å². The molecule has 3 nitrogen and oxygen atoms in total. The van der Waals surface area contributed by atoms with Crippen LogP contribution in [0.5, 0.6) is 11.5 Å². The molecule has 0 aliphatic heterocycles. The Bertz CT molecular complexity index is 596. The van der Waals surface area contributed by atoms with E-state index in [0.717, 1.165) is 37.6 Å². The lowest BCUT2D eigenvalue weighted by Crippen LogP contribution is -2.08. The second kappa shape index (κ2) is 11.2. The largest absolute Gasteiger partial charge is 0.494 e. The smallest absolute Gasteiger partial charge is 0.119 e. The van der Waals surface area contributed by atoms with Crippen LogP contribution in [0.4, 0.5) is 5.69 Å². The SMILES string of the molecule is CN(C)c1ccc(OCCCCCCCOc2ccc(I)cc2)cc1. The van der Waals surface area contributed by atoms with Crippen LogP contribution in [0.3, 0.4) is 0 Å². The van der Waals surface area contributed by atoms with Gasteiger partial charge in [-0.05, 0) is 84.0 Å². The average molecular weight is 453 g/mol. The number of halogens is 1. The van der Waals surface area contributed by atoms with Gasteiger partial charge in [-0.1, -0.05) is 19.3 Å². The summed E-state index contributed by atoms with van der Waals surface area (Å²) in [5.74, 6) is 1.92. The Morgan fingerprint density at radius 3 is 1.60 bits per heavy atom. The molecule has 0 saturated heterocycles. The molecule has 0 aliphatic rings. The van der Waals surface area contributed by atoms with Gasteiger partial charge in [0.15, 0.2) is 0 Å². The molecule has 2 aromatic carbocycles. The molecule has 0 radical (unpaired) electrons. The number of ether oxygens (including phenoxy) is 2. The Balaban J connectivity index is 1.46. The van der Waals surface area contributed by atoms with Crippen LogP contribution in [0.2, 0.25) is 0 Å². The Morgan fingerprint density at radius 2 is 1.12 bits per heavy atom. The second-order valence-electron chi connectivity index (χ2n) is 6.31. The zero-order chi connectivity index (χ0) is 17.9. The number of unbranched alkanes of at least 4 members (excludes halogenated alkanes) is 4. The standard InChI is InChI=1S/C21H28INO2/c1-23(2)19-10-14-21(15-11-19)25-17-7-5-3-4-6-16-24-20-12-8-18(22)9-13-20/h8-15H,3-7,16-17H2,1-2H3. The van der Waals surface area contributed by atoms with Crippen molar-refractivity contribution in [2.24, 2.45) is 0 Å². The van der Waals surface area contributed by atoms with Gasteiger partial charge in [0.25, 0.3) is 0 Å². The van der Waals surface area contributed by atoms with Crippen LogP contribution in [-0.2, 0) is 0 Å². The summed E-state index contributed by atoms with van der Waals surface area (Å²) in [5.41, 5.74) is 1.19. The van der Waals surface area contributed by atoms with E-state index >= 15 is 0 Å². The van der Waals surface area contributed by atoms with Crippen LogP contribution in [0.25, 0.3) is 0 Å². The van der Waals surface area contributed by atoms with Crippen molar-refractivity contribution in [2.45, 2.75) is 32.1 Å². The van der Waals surface area contributed by atoms with Gasteiger partial charge in [-0.25, -0.2) is 0 Å². The predicted molar refractivity (Wildman–Crippen MR) is 114 cm³/mol. The lowest BCUT2D eigenvalue weighted by molar-refractivity contribution is 0.293. The van der Waals surface area contributed by atoms with E-state index in [9.17, 15) is 0 Å². The van der Waals surface area contributed by atoms with Crippen molar-refractivity contribution < 1.29 is 9.47 Å². The van der Waals surface area contributed by atoms with Crippen LogP contribution >= 0.6 is 22.6 Å². The highest BCUT2D eigenvalue weighted by molar-refractivity contribution is 14.1. The Kier molecular flexibility index (Phi) is 8.94. The summed E-state index contributed by atoms with van der Waals surface area (Å²) in [6, 6.07) is 16.5. The zero-order valence-electron chi connectivity index (χ0n) is 15.2. The molecule has 25 heavy (non-hydrogen) atoms. The summed E-state index contributed by atoms with van der Waals surface area (Å²) in [5, 5.41) is 0. The van der Waals surface area contributed by atoms with E-state index in [2.05, 4.69) is 51.8 Å². The number of benzene rings is 2. The van der Waals surface area contributed by atoms with Crippen molar-refractivity contribution in [3.8, 4) is 11.5 Å². The third-order valence-corrected chi connectivity index (χ3v) is 4.71. The van der Waals surface area contributed by atoms with Gasteiger partial charge < -0.3 is 14.4 Å². The van der Waals surface area contributed by atoms with E-state index in [0.29, 0.717) is 0 Å². The maximum atomic E-state index is 5.79. The number of hydrogen-bond acceptors (Lipinski definition) is 3. The monoisotopic (exact) mass is 453 g/mol. The van der Waals surface area contributed by atoms with Gasteiger partial charge in [0.05, 0.1) is 13.2 Å². The fourth-order valence-electron chi connectivity index (χ4n) is 2.49. The summed E-state index contributed by atoms with van der Waals surface area (Å²) in [4.78, 5) is 2.09. The number of hydrogen-bond donors (Lipinski definition) is 0. The van der Waals surface area contributed by atoms with Crippen molar-refractivity contribution in [1.82, 2.24) is 0 Å². The first-order chi connectivity index (χ1) is 12.1. The molecule has 0 spiro atoms. The van der Waals surface area contributed by atoms with Crippen LogP contribution in [-0.4, -0.2) is 27.3 Å². The molecule has 0 unspecified atom stereocenters. The molecule has 0 N–H and O–H groups in total. The van der Waals surface area contributed by atoms with Crippen LogP contribution in [0, 0.1) is 3.57 Å². The maximum Gasteiger partial charge on any atom is 0.119 e. The topological polar surface area (TPSA) is 21.7 Å². The first kappa shape index (κ1) is 19.9. The van der Waals surface area contributed by atoms with Crippen molar-refractivity contribution in [3.63, 3.8) is 0 Å². The van der Waals surface area contributed by atoms with Gasteiger partial charge in [-0.2, -0.15) is 0 Å². The fraction of sp³-hybridized carbons (Fsp3) is 0.429. The van der Waals surface area contributed by atoms with Gasteiger partial charge in [0.1, 0.15) is 11.5 Å². The van der Waals surface area contributed by atoms with Gasteiger partial charge in [0, 0.05) is 23.4 Å². The molecule has 0 heterocycles. The minimum atomic E-state index is 0.792. The van der Waals surface area contributed by atoms with E-state index in [1.807, 2.05) is 38.4 Å². The third-order valence-electron chi connectivity index (χ3n) is 3.99. The zero-order valence-corrected chi connectivity index (χ0v) is 17.4. The predicted octanol–water partition coefficient (Wildman–Crippen LogP) is 5.77. The lowest BCUT2D eigenvalue weighted by Gasteiger charge is -2.13. The van der Waals surface area contributed by atoms with E-state index in [1.165, 1.54) is 28.5 Å². The van der Waals surface area contributed by atoms with Crippen LogP contribution in [0.15, 0.2) is 48.5 Å². The average Bonchev–Trinajstić information content (AvgIpc) is 2.62. The summed E-state index contributed by atoms with van der Waals surface area (Å²) >= 11 is 2.30. The summed E-state index contributed by atoms with van der Waals surface area (Å²) in [6.07, 6.45) is 5.87. The minimum Gasteiger partial charge on any atom is -0.494 e. The molecular weight excluding hydrogens is 425 g/mol. The highest BCUT2D eigenvalue weighted by atomic mass is 127. The highest BCUT2D eigenvalue weighted by Crippen LogP contribution is 2.18. The molecular formula is C21H28INO2. The molecule has 0 fully saturated rings. The molecule has 0 atom stereocenters. The van der Waals surface area contributed by atoms with Gasteiger partial charge in [-0.15, -0.1) is 0 Å². The van der Waals surface area contributed by atoms with Gasteiger partial charge >= 0.3 is 0 Å². The summed E-state index contributed by atoms with van der Waals surface area (Å²) in [7, 11) is 4.09. The molecule has 136 valence electrons. The first-order valence-electron chi connectivity index (χ1n) is 8.94. The molecule has 0 aliphatic carbocycles. The summed E-state index contributed by atoms with van der Waals surface area (Å²) in [6.45, 7) is 1.59. The third kappa shape index (κ3) is 7.99. The Labute approximate surface area is 165 Å². The van der Waals surface area contributed by atoms with Crippen LogP contribution < -0.4 is 14.4 Å². The van der Waals surface area contributed by atoms with Crippen molar-refractivity contribution in [2.75, 3.05) is 32.2 Å². The first-order valence-corrected chi connectivity index (χ1v) is 10.0. The maximum absolute atomic E-state index is 5.79. The van der Waals surface area contributed by atoms with Crippen molar-refractivity contribution in [3.05, 3.63) is 52.1 Å². The van der Waals surface area contributed by atoms with E-state index in [-0.39, 0.29) is 0 Å². The number of nitrogens with zero attached hydrogens (tertiary/aromatic N) is 1. The quantitative estimate of drug-likeness (QED) is 0.319. The second-order valence-corrected chi connectivity index (χ2v) is 7.55. The Hall–Kier alpha value is -1.43. The molecule has 0 bridgehead atoms. The highest BCUT2D eigenvalue weighted by Gasteiger charge is 1.98. The molecule has 2 rings (SSSR count). The van der Waals surface area contributed by atoms with E-state index in [4.69, 9.17) is 9.47 Å². The van der Waals surface area contributed by atoms with Gasteiger partial charge in [0.2, 0.25) is 0 Å². The molecule has 0 amide bonds. The van der Waals surface area contributed by atoms with Crippen molar-refractivity contribution >= 4 is 28.3 Å². The number of rotatable bonds is 11. The fourth-order valence-corrected chi connectivity index (χ4v) is 2.85. The normalized spacial score (nSPS) is 10.5. The molecule has 0 saturated carbocycles. The Morgan fingerprint density at radius 1 is 0.680 bits per heavy atom. The lowest BCUT2D eigenvalue weighted by atomic mass is 10.1. The van der Waals surface area contributed by atoms with Crippen LogP contribution in [0.1, 0.15) is 32.1 Å². The van der Waals surface area contributed by atoms with E-state index < -0.39 is 0 Å². The molecule has 4 heteroatoms. The van der Waals surface area contributed by atoms with Gasteiger partial charge in [-0.3, -0.25) is 0 Å². The molecule has 0 aromatic heterocycles.